The summed E-state index contributed by atoms with van der Waals surface area (Å²) in [6, 6.07) is 4.38. The van der Waals surface area contributed by atoms with Crippen molar-refractivity contribution in [3.05, 3.63) is 39.4 Å². The fourth-order valence-corrected chi connectivity index (χ4v) is 4.41. The Labute approximate surface area is 155 Å². The van der Waals surface area contributed by atoms with Crippen LogP contribution in [0.4, 0.5) is 16.5 Å². The van der Waals surface area contributed by atoms with Gasteiger partial charge in [0.25, 0.3) is 5.69 Å². The molecule has 0 atom stereocenters. The molecule has 140 valence electrons. The summed E-state index contributed by atoms with van der Waals surface area (Å²) >= 11 is 1.57. The molecule has 0 spiro atoms. The molecule has 1 N–H and O–H groups in total. The van der Waals surface area contributed by atoms with E-state index in [0.29, 0.717) is 18.8 Å². The minimum Gasteiger partial charge on any atom is -0.366 e. The first kappa shape index (κ1) is 18.6. The maximum absolute atomic E-state index is 11.7. The van der Waals surface area contributed by atoms with Gasteiger partial charge in [0.2, 0.25) is 0 Å². The molecule has 2 heterocycles. The van der Waals surface area contributed by atoms with E-state index in [-0.39, 0.29) is 16.6 Å². The van der Waals surface area contributed by atoms with Crippen molar-refractivity contribution in [1.82, 2.24) is 4.98 Å². The zero-order chi connectivity index (χ0) is 18.9. The lowest BCUT2D eigenvalue weighted by molar-refractivity contribution is -0.384. The van der Waals surface area contributed by atoms with E-state index in [1.165, 1.54) is 12.1 Å². The molecule has 0 bridgehead atoms. The largest absolute Gasteiger partial charge is 0.366 e. The Morgan fingerprint density at radius 1 is 1.35 bits per heavy atom. The molecule has 26 heavy (non-hydrogen) atoms. The fraction of sp³-hybridized carbons (Fsp3) is 0.438. The summed E-state index contributed by atoms with van der Waals surface area (Å²) in [6.45, 7) is 3.26. The first-order valence-corrected chi connectivity index (χ1v) is 10.9. The standard InChI is InChI=1S/C16H20N4O4S2/c1-11-10-25-16(17-11)18-12-5-7-19(8-6-12)14-4-3-13(26(2,23)24)9-15(14)20(21)22/h3-4,9-10,12H,5-8H2,1-2H3,(H,17,18). The van der Waals surface area contributed by atoms with Gasteiger partial charge in [0, 0.05) is 36.8 Å². The molecule has 10 heteroatoms. The summed E-state index contributed by atoms with van der Waals surface area (Å²) in [6.07, 6.45) is 2.69. The fourth-order valence-electron chi connectivity index (χ4n) is 3.01. The molecule has 1 fully saturated rings. The highest BCUT2D eigenvalue weighted by atomic mass is 32.2. The lowest BCUT2D eigenvalue weighted by atomic mass is 10.0. The van der Waals surface area contributed by atoms with Crippen molar-refractivity contribution in [2.75, 3.05) is 29.6 Å². The van der Waals surface area contributed by atoms with E-state index in [0.717, 1.165) is 36.0 Å². The first-order valence-electron chi connectivity index (χ1n) is 8.16. The third-order valence-electron chi connectivity index (χ3n) is 4.35. The molecule has 1 saturated heterocycles. The van der Waals surface area contributed by atoms with Gasteiger partial charge in [0.05, 0.1) is 15.5 Å². The summed E-state index contributed by atoms with van der Waals surface area (Å²) in [5.41, 5.74) is 1.28. The van der Waals surface area contributed by atoms with E-state index in [2.05, 4.69) is 10.3 Å². The first-order chi connectivity index (χ1) is 12.2. The van der Waals surface area contributed by atoms with Crippen molar-refractivity contribution in [2.24, 2.45) is 0 Å². The van der Waals surface area contributed by atoms with Gasteiger partial charge in [-0.15, -0.1) is 11.3 Å². The van der Waals surface area contributed by atoms with E-state index in [9.17, 15) is 18.5 Å². The van der Waals surface area contributed by atoms with Gasteiger partial charge in [0.1, 0.15) is 5.69 Å². The third kappa shape index (κ3) is 4.13. The lowest BCUT2D eigenvalue weighted by Crippen LogP contribution is -2.39. The highest BCUT2D eigenvalue weighted by molar-refractivity contribution is 7.90. The number of anilines is 2. The van der Waals surface area contributed by atoms with Crippen LogP contribution in [0.1, 0.15) is 18.5 Å². The number of hydrogen-bond donors (Lipinski definition) is 1. The zero-order valence-corrected chi connectivity index (χ0v) is 16.1. The van der Waals surface area contributed by atoms with Crippen LogP contribution in [-0.2, 0) is 9.84 Å². The van der Waals surface area contributed by atoms with Gasteiger partial charge >= 0.3 is 0 Å². The van der Waals surface area contributed by atoms with Gasteiger partial charge in [-0.1, -0.05) is 0 Å². The maximum Gasteiger partial charge on any atom is 0.293 e. The number of aromatic nitrogens is 1. The van der Waals surface area contributed by atoms with Gasteiger partial charge in [0.15, 0.2) is 15.0 Å². The number of nitro groups is 1. The Hall–Kier alpha value is -2.20. The number of aryl methyl sites for hydroxylation is 1. The Bertz CT molecular complexity index is 918. The van der Waals surface area contributed by atoms with Crippen molar-refractivity contribution in [3.63, 3.8) is 0 Å². The van der Waals surface area contributed by atoms with Gasteiger partial charge in [-0.05, 0) is 31.9 Å². The van der Waals surface area contributed by atoms with Crippen LogP contribution in [-0.4, -0.2) is 43.7 Å². The summed E-state index contributed by atoms with van der Waals surface area (Å²) in [7, 11) is -3.49. The Balaban J connectivity index is 1.73. The number of rotatable bonds is 5. The molecule has 8 nitrogen and oxygen atoms in total. The minimum absolute atomic E-state index is 0.0383. The average Bonchev–Trinajstić information content (AvgIpc) is 2.99. The highest BCUT2D eigenvalue weighted by Gasteiger charge is 2.26. The molecule has 0 radical (unpaired) electrons. The van der Waals surface area contributed by atoms with E-state index >= 15 is 0 Å². The number of nitrogens with one attached hydrogen (secondary N) is 1. The molecule has 1 aromatic heterocycles. The molecule has 1 aliphatic rings. The number of sulfone groups is 1. The molecule has 1 aromatic carbocycles. The summed E-state index contributed by atoms with van der Waals surface area (Å²) < 4.78 is 23.3. The number of nitrogens with zero attached hydrogens (tertiary/aromatic N) is 3. The van der Waals surface area contributed by atoms with Crippen LogP contribution in [0.25, 0.3) is 0 Å². The number of benzene rings is 1. The van der Waals surface area contributed by atoms with E-state index in [1.54, 1.807) is 11.3 Å². The van der Waals surface area contributed by atoms with Gasteiger partial charge in [-0.2, -0.15) is 0 Å². The summed E-state index contributed by atoms with van der Waals surface area (Å²) in [5, 5.41) is 17.7. The number of piperidine rings is 1. The zero-order valence-electron chi connectivity index (χ0n) is 14.5. The van der Waals surface area contributed by atoms with Gasteiger partial charge in [-0.25, -0.2) is 13.4 Å². The smallest absolute Gasteiger partial charge is 0.293 e. The molecule has 0 unspecified atom stereocenters. The maximum atomic E-state index is 11.7. The molecule has 2 aromatic rings. The second-order valence-corrected chi connectivity index (χ2v) is 9.25. The van der Waals surface area contributed by atoms with Gasteiger partial charge in [-0.3, -0.25) is 10.1 Å². The predicted molar refractivity (Wildman–Crippen MR) is 102 cm³/mol. The topological polar surface area (TPSA) is 105 Å². The SMILES string of the molecule is Cc1csc(NC2CCN(c3ccc(S(C)(=O)=O)cc3[N+](=O)[O-])CC2)n1. The van der Waals surface area contributed by atoms with Crippen LogP contribution in [0.5, 0.6) is 0 Å². The van der Waals surface area contributed by atoms with Crippen molar-refractivity contribution >= 4 is 37.7 Å². The molecule has 0 aliphatic carbocycles. The second kappa shape index (κ2) is 7.20. The summed E-state index contributed by atoms with van der Waals surface area (Å²) in [4.78, 5) is 17.2. The van der Waals surface area contributed by atoms with Gasteiger partial charge < -0.3 is 10.2 Å². The Morgan fingerprint density at radius 3 is 2.58 bits per heavy atom. The van der Waals surface area contributed by atoms with E-state index < -0.39 is 14.8 Å². The van der Waals surface area contributed by atoms with Crippen molar-refractivity contribution in [3.8, 4) is 0 Å². The van der Waals surface area contributed by atoms with Crippen molar-refractivity contribution < 1.29 is 13.3 Å². The highest BCUT2D eigenvalue weighted by Crippen LogP contribution is 2.33. The normalized spacial score (nSPS) is 15.8. The van der Waals surface area contributed by atoms with Crippen LogP contribution >= 0.6 is 11.3 Å². The second-order valence-electron chi connectivity index (χ2n) is 6.38. The molecule has 0 saturated carbocycles. The summed E-state index contributed by atoms with van der Waals surface area (Å²) in [5.74, 6) is 0. The van der Waals surface area contributed by atoms with Crippen molar-refractivity contribution in [2.45, 2.75) is 30.7 Å². The molecular formula is C16H20N4O4S2. The number of hydrogen-bond acceptors (Lipinski definition) is 8. The Kier molecular flexibility index (Phi) is 5.15. The average molecular weight is 396 g/mol. The van der Waals surface area contributed by atoms with Crippen LogP contribution in [0.15, 0.2) is 28.5 Å². The number of nitro benzene ring substituents is 1. The molecular weight excluding hydrogens is 376 g/mol. The number of thiazole rings is 1. The third-order valence-corrected chi connectivity index (χ3v) is 6.36. The predicted octanol–water partition coefficient (Wildman–Crippen LogP) is 2.84. The molecule has 1 aliphatic heterocycles. The lowest BCUT2D eigenvalue weighted by Gasteiger charge is -2.33. The van der Waals surface area contributed by atoms with Crippen LogP contribution in [0, 0.1) is 17.0 Å². The van der Waals surface area contributed by atoms with Crippen molar-refractivity contribution in [1.29, 1.82) is 0 Å². The minimum atomic E-state index is -3.49. The van der Waals surface area contributed by atoms with Crippen LogP contribution < -0.4 is 10.2 Å². The quantitative estimate of drug-likeness (QED) is 0.612. The molecule has 3 rings (SSSR count). The van der Waals surface area contributed by atoms with Crippen LogP contribution in [0.3, 0.4) is 0 Å². The Morgan fingerprint density at radius 2 is 2.04 bits per heavy atom. The van der Waals surface area contributed by atoms with E-state index in [1.807, 2.05) is 17.2 Å². The van der Waals surface area contributed by atoms with Crippen LogP contribution in [0.2, 0.25) is 0 Å². The van der Waals surface area contributed by atoms with E-state index in [4.69, 9.17) is 0 Å². The monoisotopic (exact) mass is 396 g/mol. The molecule has 0 amide bonds.